The van der Waals surface area contributed by atoms with Crippen molar-refractivity contribution in [3.8, 4) is 10.4 Å². The highest BCUT2D eigenvalue weighted by molar-refractivity contribution is 7.89. The molecule has 1 aromatic carbocycles. The van der Waals surface area contributed by atoms with Gasteiger partial charge in [0, 0.05) is 36.1 Å². The van der Waals surface area contributed by atoms with Crippen molar-refractivity contribution < 1.29 is 17.9 Å². The molecule has 0 saturated carbocycles. The average Bonchev–Trinajstić information content (AvgIpc) is 3.25. The number of carbonyl (C=O) groups is 1. The number of nitrogens with one attached hydrogen (secondary N) is 1. The first-order valence-electron chi connectivity index (χ1n) is 11.1. The standard InChI is InChI=1S/C23H31N3O4S2/c1-17-11-22(31-16-17)18-12-19(23(27)24-15-20-5-3-4-6-25(20)2)14-21(13-18)32(28,29)26-7-9-30-10-8-26/h11-14,16,20H,3-10,15H2,1-2H3,(H,24,27)/t20-/m0/s1. The number of sulfonamides is 1. The van der Waals surface area contributed by atoms with Crippen molar-refractivity contribution in [2.45, 2.75) is 37.1 Å². The summed E-state index contributed by atoms with van der Waals surface area (Å²) in [5.41, 5.74) is 2.23. The smallest absolute Gasteiger partial charge is 0.251 e. The van der Waals surface area contributed by atoms with Crippen LogP contribution in [0.3, 0.4) is 0 Å². The molecule has 2 aromatic rings. The van der Waals surface area contributed by atoms with Crippen LogP contribution in [0.2, 0.25) is 0 Å². The van der Waals surface area contributed by atoms with Gasteiger partial charge in [0.2, 0.25) is 10.0 Å². The molecule has 2 saturated heterocycles. The third-order valence-electron chi connectivity index (χ3n) is 6.21. The summed E-state index contributed by atoms with van der Waals surface area (Å²) in [5.74, 6) is -0.238. The molecule has 1 amide bonds. The molecule has 2 fully saturated rings. The van der Waals surface area contributed by atoms with Crippen molar-refractivity contribution in [1.82, 2.24) is 14.5 Å². The van der Waals surface area contributed by atoms with Crippen molar-refractivity contribution >= 4 is 27.3 Å². The lowest BCUT2D eigenvalue weighted by atomic mass is 10.0. The molecule has 3 heterocycles. The number of likely N-dealkylation sites (N-methyl/N-ethyl adjacent to an activating group) is 1. The van der Waals surface area contributed by atoms with Gasteiger partial charge in [-0.2, -0.15) is 4.31 Å². The van der Waals surface area contributed by atoms with Gasteiger partial charge >= 0.3 is 0 Å². The number of carbonyl (C=O) groups excluding carboxylic acids is 1. The Bertz CT molecular complexity index is 1060. The molecule has 7 nitrogen and oxygen atoms in total. The molecule has 4 rings (SSSR count). The number of nitrogens with zero attached hydrogens (tertiary/aromatic N) is 2. The van der Waals surface area contributed by atoms with Crippen LogP contribution in [0, 0.1) is 6.92 Å². The van der Waals surface area contributed by atoms with E-state index in [1.165, 1.54) is 23.2 Å². The Morgan fingerprint density at radius 1 is 1.16 bits per heavy atom. The SMILES string of the molecule is Cc1csc(-c2cc(C(=O)NC[C@@H]3CCCCN3C)cc(S(=O)(=O)N3CCOCC3)c2)c1. The molecule has 0 spiro atoms. The minimum atomic E-state index is -3.72. The number of thiophene rings is 1. The fraction of sp³-hybridized carbons (Fsp3) is 0.522. The highest BCUT2D eigenvalue weighted by Crippen LogP contribution is 2.31. The third-order valence-corrected chi connectivity index (χ3v) is 9.18. The molecule has 0 radical (unpaired) electrons. The van der Waals surface area contributed by atoms with Gasteiger partial charge in [-0.05, 0) is 74.1 Å². The second-order valence-electron chi connectivity index (χ2n) is 8.59. The van der Waals surface area contributed by atoms with Crippen molar-refractivity contribution in [3.63, 3.8) is 0 Å². The van der Waals surface area contributed by atoms with Crippen molar-refractivity contribution in [3.05, 3.63) is 40.8 Å². The number of hydrogen-bond donors (Lipinski definition) is 1. The van der Waals surface area contributed by atoms with Gasteiger partial charge in [-0.3, -0.25) is 4.79 Å². The lowest BCUT2D eigenvalue weighted by Crippen LogP contribution is -2.44. The maximum atomic E-state index is 13.3. The molecule has 1 aromatic heterocycles. The average molecular weight is 478 g/mol. The molecule has 0 bridgehead atoms. The van der Waals surface area contributed by atoms with Gasteiger partial charge in [0.05, 0.1) is 18.1 Å². The Balaban J connectivity index is 1.63. The monoisotopic (exact) mass is 477 g/mol. The van der Waals surface area contributed by atoms with Crippen LogP contribution in [0.15, 0.2) is 34.5 Å². The minimum absolute atomic E-state index is 0.155. The van der Waals surface area contributed by atoms with Crippen molar-refractivity contribution in [2.24, 2.45) is 0 Å². The number of hydrogen-bond acceptors (Lipinski definition) is 6. The van der Waals surface area contributed by atoms with Gasteiger partial charge in [-0.15, -0.1) is 11.3 Å². The van der Waals surface area contributed by atoms with E-state index < -0.39 is 10.0 Å². The van der Waals surface area contributed by atoms with Crippen molar-refractivity contribution in [1.29, 1.82) is 0 Å². The fourth-order valence-corrected chi connectivity index (χ4v) is 6.62. The van der Waals surface area contributed by atoms with Crippen LogP contribution >= 0.6 is 11.3 Å². The molecule has 32 heavy (non-hydrogen) atoms. The van der Waals surface area contributed by atoms with Gasteiger partial charge in [0.15, 0.2) is 0 Å². The van der Waals surface area contributed by atoms with E-state index in [0.29, 0.717) is 44.5 Å². The van der Waals surface area contributed by atoms with E-state index in [9.17, 15) is 13.2 Å². The quantitative estimate of drug-likeness (QED) is 0.692. The Morgan fingerprint density at radius 3 is 2.62 bits per heavy atom. The number of benzene rings is 1. The van der Waals surface area contributed by atoms with Crippen LogP contribution in [0.5, 0.6) is 0 Å². The Morgan fingerprint density at radius 2 is 1.94 bits per heavy atom. The van der Waals surface area contributed by atoms with Crippen LogP contribution in [0.4, 0.5) is 0 Å². The highest BCUT2D eigenvalue weighted by Gasteiger charge is 2.28. The van der Waals surface area contributed by atoms with Gasteiger partial charge in [0.1, 0.15) is 0 Å². The zero-order chi connectivity index (χ0) is 22.7. The summed E-state index contributed by atoms with van der Waals surface area (Å²) in [6.45, 7) is 5.00. The summed E-state index contributed by atoms with van der Waals surface area (Å²) in [7, 11) is -1.63. The summed E-state index contributed by atoms with van der Waals surface area (Å²) in [4.78, 5) is 16.5. The summed E-state index contributed by atoms with van der Waals surface area (Å²) in [6, 6.07) is 7.32. The molecule has 9 heteroatoms. The van der Waals surface area contributed by atoms with E-state index >= 15 is 0 Å². The number of morpholine rings is 1. The van der Waals surface area contributed by atoms with E-state index in [2.05, 4.69) is 17.3 Å². The van der Waals surface area contributed by atoms with Crippen LogP contribution in [0.1, 0.15) is 35.2 Å². The van der Waals surface area contributed by atoms with Gasteiger partial charge in [-0.25, -0.2) is 8.42 Å². The molecular weight excluding hydrogens is 446 g/mol. The number of piperidine rings is 1. The summed E-state index contributed by atoms with van der Waals surface area (Å²) >= 11 is 1.55. The first-order chi connectivity index (χ1) is 15.3. The van der Waals surface area contributed by atoms with E-state index in [-0.39, 0.29) is 10.8 Å². The lowest BCUT2D eigenvalue weighted by molar-refractivity contribution is 0.0730. The molecule has 0 aliphatic carbocycles. The molecular formula is C23H31N3O4S2. The highest BCUT2D eigenvalue weighted by atomic mass is 32.2. The molecule has 2 aliphatic heterocycles. The van der Waals surface area contributed by atoms with Gasteiger partial charge in [0.25, 0.3) is 5.91 Å². The minimum Gasteiger partial charge on any atom is -0.379 e. The lowest BCUT2D eigenvalue weighted by Gasteiger charge is -2.32. The molecule has 0 unspecified atom stereocenters. The van der Waals surface area contributed by atoms with E-state index in [4.69, 9.17) is 4.74 Å². The second kappa shape index (κ2) is 10.0. The number of rotatable bonds is 6. The molecule has 174 valence electrons. The predicted octanol–water partition coefficient (Wildman–Crippen LogP) is 2.96. The zero-order valence-corrected chi connectivity index (χ0v) is 20.3. The maximum Gasteiger partial charge on any atom is 0.251 e. The zero-order valence-electron chi connectivity index (χ0n) is 18.7. The van der Waals surface area contributed by atoms with Crippen LogP contribution in [-0.4, -0.2) is 76.0 Å². The number of aryl methyl sites for hydroxylation is 1. The van der Waals surface area contributed by atoms with Gasteiger partial charge < -0.3 is 15.0 Å². The van der Waals surface area contributed by atoms with Gasteiger partial charge in [-0.1, -0.05) is 6.42 Å². The summed E-state index contributed by atoms with van der Waals surface area (Å²) < 4.78 is 33.4. The Labute approximate surface area is 194 Å². The summed E-state index contributed by atoms with van der Waals surface area (Å²) in [5, 5.41) is 5.06. The van der Waals surface area contributed by atoms with Crippen LogP contribution in [0.25, 0.3) is 10.4 Å². The number of ether oxygens (including phenoxy) is 1. The first kappa shape index (κ1) is 23.4. The Kier molecular flexibility index (Phi) is 7.31. The normalized spacial score (nSPS) is 20.9. The summed E-state index contributed by atoms with van der Waals surface area (Å²) in [6.07, 6.45) is 3.41. The molecule has 1 atom stereocenters. The number of amides is 1. The van der Waals surface area contributed by atoms with E-state index in [1.54, 1.807) is 23.5 Å². The third kappa shape index (κ3) is 5.23. The predicted molar refractivity (Wildman–Crippen MR) is 127 cm³/mol. The van der Waals surface area contributed by atoms with Crippen LogP contribution in [-0.2, 0) is 14.8 Å². The van der Waals surface area contributed by atoms with E-state index in [0.717, 1.165) is 29.0 Å². The fourth-order valence-electron chi connectivity index (χ4n) is 4.25. The topological polar surface area (TPSA) is 79.0 Å². The first-order valence-corrected chi connectivity index (χ1v) is 13.4. The second-order valence-corrected chi connectivity index (χ2v) is 11.4. The largest absolute Gasteiger partial charge is 0.379 e. The molecule has 1 N–H and O–H groups in total. The molecule has 2 aliphatic rings. The van der Waals surface area contributed by atoms with Crippen LogP contribution < -0.4 is 5.32 Å². The number of likely N-dealkylation sites (tertiary alicyclic amines) is 1. The Hall–Kier alpha value is -1.78. The van der Waals surface area contributed by atoms with Crippen molar-refractivity contribution in [2.75, 3.05) is 46.4 Å². The maximum absolute atomic E-state index is 13.3. The van der Waals surface area contributed by atoms with E-state index in [1.807, 2.05) is 18.4 Å².